The lowest BCUT2D eigenvalue weighted by Gasteiger charge is -2.13. The van der Waals surface area contributed by atoms with Crippen molar-refractivity contribution in [1.82, 2.24) is 0 Å². The van der Waals surface area contributed by atoms with Crippen LogP contribution in [0.3, 0.4) is 0 Å². The van der Waals surface area contributed by atoms with Crippen LogP contribution in [0.5, 0.6) is 0 Å². The number of aliphatic imine (C=N–C) groups is 1. The average molecular weight is 498 g/mol. The smallest absolute Gasteiger partial charge is 0.347 e. The van der Waals surface area contributed by atoms with Crippen LogP contribution in [0.4, 0.5) is 17.1 Å². The maximum atomic E-state index is 12.7. The van der Waals surface area contributed by atoms with E-state index in [9.17, 15) is 4.79 Å². The lowest BCUT2D eigenvalue weighted by Crippen LogP contribution is -2.11. The first kappa shape index (κ1) is 18.7. The first-order chi connectivity index (χ1) is 13.6. The molecule has 0 unspecified atom stereocenters. The topological polar surface area (TPSA) is 54.6 Å². The Balaban J connectivity index is 1.90. The summed E-state index contributed by atoms with van der Waals surface area (Å²) in [6, 6.07) is 22.7. The van der Waals surface area contributed by atoms with Gasteiger partial charge in [-0.15, -0.1) is 0 Å². The number of rotatable bonds is 4. The number of halogens is 2. The molecule has 0 saturated carbocycles. The van der Waals surface area contributed by atoms with Gasteiger partial charge in [-0.1, -0.05) is 36.4 Å². The molecule has 1 aromatic heterocycles. The molecule has 4 nitrogen and oxygen atoms in total. The predicted octanol–water partition coefficient (Wildman–Crippen LogP) is 6.81. The molecule has 138 valence electrons. The Hall–Kier alpha value is -2.70. The second kappa shape index (κ2) is 8.12. The van der Waals surface area contributed by atoms with E-state index in [1.807, 2.05) is 66.7 Å². The van der Waals surface area contributed by atoms with Crippen molar-refractivity contribution in [2.75, 3.05) is 5.32 Å². The van der Waals surface area contributed by atoms with Crippen molar-refractivity contribution >= 4 is 66.1 Å². The highest BCUT2D eigenvalue weighted by atomic mass is 79.9. The van der Waals surface area contributed by atoms with E-state index < -0.39 is 5.63 Å². The van der Waals surface area contributed by atoms with E-state index in [2.05, 4.69) is 42.2 Å². The molecule has 0 aliphatic carbocycles. The molecular weight excluding hydrogens is 484 g/mol. The third-order valence-electron chi connectivity index (χ3n) is 4.17. The van der Waals surface area contributed by atoms with Crippen LogP contribution >= 0.6 is 31.9 Å². The highest BCUT2D eigenvalue weighted by Gasteiger charge is 2.14. The third kappa shape index (κ3) is 3.79. The molecule has 1 N–H and O–H groups in total. The van der Waals surface area contributed by atoms with E-state index in [1.54, 1.807) is 6.07 Å². The number of nitrogens with one attached hydrogen (secondary N) is 1. The number of benzene rings is 3. The van der Waals surface area contributed by atoms with Gasteiger partial charge in [-0.25, -0.2) is 4.79 Å². The fourth-order valence-corrected chi connectivity index (χ4v) is 3.57. The van der Waals surface area contributed by atoms with Crippen molar-refractivity contribution in [1.29, 1.82) is 0 Å². The maximum Gasteiger partial charge on any atom is 0.347 e. The molecule has 0 saturated heterocycles. The quantitative estimate of drug-likeness (QED) is 0.249. The minimum atomic E-state index is -0.455. The molecule has 0 aliphatic rings. The van der Waals surface area contributed by atoms with Crippen molar-refractivity contribution in [3.63, 3.8) is 0 Å². The third-order valence-corrected chi connectivity index (χ3v) is 5.53. The predicted molar refractivity (Wildman–Crippen MR) is 121 cm³/mol. The van der Waals surface area contributed by atoms with Gasteiger partial charge in [0.15, 0.2) is 0 Å². The number of para-hydroxylation sites is 3. The van der Waals surface area contributed by atoms with Crippen LogP contribution in [0.2, 0.25) is 0 Å². The van der Waals surface area contributed by atoms with E-state index in [0.717, 1.165) is 25.7 Å². The first-order valence-electron chi connectivity index (χ1n) is 8.49. The van der Waals surface area contributed by atoms with Gasteiger partial charge in [0.05, 0.1) is 17.1 Å². The standard InChI is InChI=1S/C22H14Br2N2O2/c23-16-8-2-4-10-18(16)25-13-15-21(26-19-11-5-3-9-17(19)24)14-7-1-6-12-20(14)28-22(15)27/h1-13,26H. The zero-order valence-corrected chi connectivity index (χ0v) is 17.7. The molecule has 0 atom stereocenters. The summed E-state index contributed by atoms with van der Waals surface area (Å²) in [5, 5.41) is 4.16. The Morgan fingerprint density at radius 1 is 0.857 bits per heavy atom. The van der Waals surface area contributed by atoms with Crippen molar-refractivity contribution in [3.05, 3.63) is 97.7 Å². The summed E-state index contributed by atoms with van der Waals surface area (Å²) in [4.78, 5) is 17.2. The largest absolute Gasteiger partial charge is 0.422 e. The van der Waals surface area contributed by atoms with E-state index >= 15 is 0 Å². The van der Waals surface area contributed by atoms with Crippen LogP contribution in [-0.4, -0.2) is 6.21 Å². The highest BCUT2D eigenvalue weighted by Crippen LogP contribution is 2.32. The molecular formula is C22H14Br2N2O2. The van der Waals surface area contributed by atoms with Crippen molar-refractivity contribution in [2.24, 2.45) is 4.99 Å². The molecule has 0 spiro atoms. The van der Waals surface area contributed by atoms with Gasteiger partial charge in [0.1, 0.15) is 11.1 Å². The lowest BCUT2D eigenvalue weighted by molar-refractivity contribution is 0.560. The van der Waals surface area contributed by atoms with Crippen LogP contribution in [0.1, 0.15) is 5.56 Å². The molecule has 4 aromatic rings. The molecule has 28 heavy (non-hydrogen) atoms. The molecule has 0 bridgehead atoms. The zero-order chi connectivity index (χ0) is 19.5. The Bertz CT molecular complexity index is 1250. The number of nitrogens with zero attached hydrogens (tertiary/aromatic N) is 1. The van der Waals surface area contributed by atoms with E-state index in [-0.39, 0.29) is 0 Å². The summed E-state index contributed by atoms with van der Waals surface area (Å²) >= 11 is 7.02. The Morgan fingerprint density at radius 3 is 2.32 bits per heavy atom. The van der Waals surface area contributed by atoms with Crippen LogP contribution < -0.4 is 10.9 Å². The minimum Gasteiger partial charge on any atom is -0.422 e. The zero-order valence-electron chi connectivity index (χ0n) is 14.5. The normalized spacial score (nSPS) is 11.2. The average Bonchev–Trinajstić information content (AvgIpc) is 2.70. The summed E-state index contributed by atoms with van der Waals surface area (Å²) in [6.07, 6.45) is 1.54. The molecule has 0 radical (unpaired) electrons. The SMILES string of the molecule is O=c1oc2ccccc2c(Nc2ccccc2Br)c1C=Nc1ccccc1Br. The van der Waals surface area contributed by atoms with Gasteiger partial charge in [-0.05, 0) is 68.3 Å². The molecule has 0 aliphatic heterocycles. The van der Waals surface area contributed by atoms with Crippen LogP contribution in [-0.2, 0) is 0 Å². The minimum absolute atomic E-state index is 0.352. The molecule has 4 rings (SSSR count). The van der Waals surface area contributed by atoms with Gasteiger partial charge in [0, 0.05) is 20.5 Å². The van der Waals surface area contributed by atoms with Gasteiger partial charge in [-0.3, -0.25) is 4.99 Å². The summed E-state index contributed by atoms with van der Waals surface area (Å²) in [5.41, 5.74) is 2.62. The lowest BCUT2D eigenvalue weighted by atomic mass is 10.1. The summed E-state index contributed by atoms with van der Waals surface area (Å²) in [5.74, 6) is 0. The van der Waals surface area contributed by atoms with Crippen LogP contribution in [0, 0.1) is 0 Å². The number of hydrogen-bond donors (Lipinski definition) is 1. The van der Waals surface area contributed by atoms with Gasteiger partial charge < -0.3 is 9.73 Å². The summed E-state index contributed by atoms with van der Waals surface area (Å²) in [7, 11) is 0. The Labute approximate surface area is 178 Å². The van der Waals surface area contributed by atoms with Crippen molar-refractivity contribution in [3.8, 4) is 0 Å². The van der Waals surface area contributed by atoms with E-state index in [0.29, 0.717) is 16.8 Å². The first-order valence-corrected chi connectivity index (χ1v) is 10.1. The van der Waals surface area contributed by atoms with Crippen molar-refractivity contribution < 1.29 is 4.42 Å². The molecule has 3 aromatic carbocycles. The van der Waals surface area contributed by atoms with Crippen LogP contribution in [0.25, 0.3) is 11.0 Å². The van der Waals surface area contributed by atoms with Gasteiger partial charge >= 0.3 is 5.63 Å². The van der Waals surface area contributed by atoms with Gasteiger partial charge in [-0.2, -0.15) is 0 Å². The molecule has 0 fully saturated rings. The van der Waals surface area contributed by atoms with Gasteiger partial charge in [0.25, 0.3) is 0 Å². The van der Waals surface area contributed by atoms with Crippen LogP contribution in [0.15, 0.2) is 95.9 Å². The second-order valence-corrected chi connectivity index (χ2v) is 7.70. The number of fused-ring (bicyclic) bond motifs is 1. The van der Waals surface area contributed by atoms with Gasteiger partial charge in [0.2, 0.25) is 0 Å². The molecule has 0 amide bonds. The fraction of sp³-hybridized carbons (Fsp3) is 0. The summed E-state index contributed by atoms with van der Waals surface area (Å²) in [6.45, 7) is 0. The fourth-order valence-electron chi connectivity index (χ4n) is 2.80. The molecule has 1 heterocycles. The monoisotopic (exact) mass is 496 g/mol. The van der Waals surface area contributed by atoms with E-state index in [1.165, 1.54) is 6.21 Å². The summed E-state index contributed by atoms with van der Waals surface area (Å²) < 4.78 is 7.24. The highest BCUT2D eigenvalue weighted by molar-refractivity contribution is 9.11. The second-order valence-electron chi connectivity index (χ2n) is 5.99. The van der Waals surface area contributed by atoms with Crippen molar-refractivity contribution in [2.45, 2.75) is 0 Å². The maximum absolute atomic E-state index is 12.7. The Morgan fingerprint density at radius 2 is 1.54 bits per heavy atom. The molecule has 6 heteroatoms. The Kier molecular flexibility index (Phi) is 5.41. The van der Waals surface area contributed by atoms with E-state index in [4.69, 9.17) is 4.42 Å². The number of anilines is 2. The number of hydrogen-bond acceptors (Lipinski definition) is 4.